The molecule has 0 bridgehead atoms. The maximum atomic E-state index is 12.7. The molecule has 27 heavy (non-hydrogen) atoms. The van der Waals surface area contributed by atoms with Crippen molar-refractivity contribution in [2.75, 3.05) is 25.1 Å². The first-order valence-electron chi connectivity index (χ1n) is 8.14. The van der Waals surface area contributed by atoms with Crippen LogP contribution in [0.25, 0.3) is 6.08 Å². The number of halogens is 1. The fourth-order valence-corrected chi connectivity index (χ4v) is 6.11. The number of thiocarbonyl (C=S) groups is 1. The van der Waals surface area contributed by atoms with Gasteiger partial charge in [0.15, 0.2) is 9.84 Å². The van der Waals surface area contributed by atoms with Crippen molar-refractivity contribution in [1.29, 1.82) is 0 Å². The lowest BCUT2D eigenvalue weighted by Crippen LogP contribution is -2.45. The van der Waals surface area contributed by atoms with Gasteiger partial charge in [-0.1, -0.05) is 53.8 Å². The number of hydrogen-bond acceptors (Lipinski definition) is 6. The fraction of sp³-hybridized carbons (Fsp3) is 0.353. The maximum absolute atomic E-state index is 12.7. The van der Waals surface area contributed by atoms with Gasteiger partial charge in [0.1, 0.15) is 10.9 Å². The smallest absolute Gasteiger partial charge is 0.266 e. The number of benzene rings is 1. The summed E-state index contributed by atoms with van der Waals surface area (Å²) in [4.78, 5) is 28.2. The fourth-order valence-electron chi connectivity index (χ4n) is 2.90. The Morgan fingerprint density at radius 2 is 2.15 bits per heavy atom. The minimum Gasteiger partial charge on any atom is -0.340 e. The van der Waals surface area contributed by atoms with E-state index in [0.717, 1.165) is 11.8 Å². The van der Waals surface area contributed by atoms with Gasteiger partial charge in [-0.3, -0.25) is 14.5 Å². The highest BCUT2D eigenvalue weighted by Crippen LogP contribution is 2.33. The highest BCUT2D eigenvalue weighted by molar-refractivity contribution is 8.26. The van der Waals surface area contributed by atoms with Crippen LogP contribution in [0.1, 0.15) is 12.0 Å². The molecule has 0 aromatic heterocycles. The summed E-state index contributed by atoms with van der Waals surface area (Å²) >= 11 is 12.5. The number of amides is 2. The maximum Gasteiger partial charge on any atom is 0.266 e. The number of likely N-dealkylation sites (N-methyl/N-ethyl adjacent to an activating group) is 1. The molecule has 1 aromatic carbocycles. The van der Waals surface area contributed by atoms with E-state index in [1.807, 2.05) is 6.07 Å². The third-order valence-corrected chi connectivity index (χ3v) is 7.98. The second-order valence-electron chi connectivity index (χ2n) is 6.35. The molecule has 2 aliphatic rings. The monoisotopic (exact) mass is 444 g/mol. The van der Waals surface area contributed by atoms with Crippen molar-refractivity contribution in [3.05, 3.63) is 39.8 Å². The van der Waals surface area contributed by atoms with E-state index in [9.17, 15) is 18.0 Å². The van der Waals surface area contributed by atoms with E-state index in [2.05, 4.69) is 0 Å². The quantitative estimate of drug-likeness (QED) is 0.523. The topological polar surface area (TPSA) is 74.8 Å². The van der Waals surface area contributed by atoms with Gasteiger partial charge in [0, 0.05) is 18.1 Å². The van der Waals surface area contributed by atoms with Gasteiger partial charge in [-0.05, 0) is 24.1 Å². The van der Waals surface area contributed by atoms with Crippen LogP contribution in [0.5, 0.6) is 0 Å². The lowest BCUT2D eigenvalue weighted by atomic mass is 10.2. The van der Waals surface area contributed by atoms with Crippen molar-refractivity contribution in [2.45, 2.75) is 12.5 Å². The minimum absolute atomic E-state index is 0.0416. The molecule has 2 aliphatic heterocycles. The van der Waals surface area contributed by atoms with E-state index in [-0.39, 0.29) is 35.9 Å². The lowest BCUT2D eigenvalue weighted by molar-refractivity contribution is -0.135. The van der Waals surface area contributed by atoms with Crippen molar-refractivity contribution < 1.29 is 18.0 Å². The Balaban J connectivity index is 1.70. The molecule has 1 aromatic rings. The summed E-state index contributed by atoms with van der Waals surface area (Å²) < 4.78 is 23.5. The van der Waals surface area contributed by atoms with E-state index < -0.39 is 9.84 Å². The molecule has 3 rings (SSSR count). The van der Waals surface area contributed by atoms with E-state index >= 15 is 0 Å². The molecule has 0 spiro atoms. The van der Waals surface area contributed by atoms with Crippen LogP contribution in [-0.4, -0.2) is 65.5 Å². The zero-order chi connectivity index (χ0) is 19.8. The summed E-state index contributed by atoms with van der Waals surface area (Å²) in [5.41, 5.74) is 0.694. The van der Waals surface area contributed by atoms with Gasteiger partial charge in [-0.2, -0.15) is 0 Å². The molecule has 0 aliphatic carbocycles. The van der Waals surface area contributed by atoms with Crippen LogP contribution in [-0.2, 0) is 19.4 Å². The normalized spacial score (nSPS) is 23.3. The summed E-state index contributed by atoms with van der Waals surface area (Å²) in [7, 11) is -1.54. The number of carbonyl (C=O) groups excluding carboxylic acids is 2. The zero-order valence-electron chi connectivity index (χ0n) is 14.4. The second-order valence-corrected chi connectivity index (χ2v) is 10.7. The molecule has 2 heterocycles. The molecule has 0 saturated carbocycles. The summed E-state index contributed by atoms with van der Waals surface area (Å²) in [5.74, 6) is -0.658. The number of carbonyl (C=O) groups is 2. The van der Waals surface area contributed by atoms with E-state index in [1.165, 1.54) is 9.80 Å². The Bertz CT molecular complexity index is 945. The van der Waals surface area contributed by atoms with Crippen molar-refractivity contribution in [1.82, 2.24) is 9.80 Å². The van der Waals surface area contributed by atoms with Gasteiger partial charge in [-0.25, -0.2) is 8.42 Å². The van der Waals surface area contributed by atoms with Crippen molar-refractivity contribution in [3.63, 3.8) is 0 Å². The standard InChI is InChI=1S/C17H17ClN2O4S3/c1-19(12-6-7-27(23,24)10-12)15(21)9-20-16(22)14(26-17(20)25)8-11-4-2-3-5-13(11)18/h2-5,8,12H,6-7,9-10H2,1H3/b14-8-/t12-/m1/s1. The summed E-state index contributed by atoms with van der Waals surface area (Å²) in [6.07, 6.45) is 2.06. The SMILES string of the molecule is CN(C(=O)CN1C(=O)/C(=C/c2ccccc2Cl)SC1=S)[C@@H]1CCS(=O)(=O)C1. The molecule has 2 saturated heterocycles. The van der Waals surface area contributed by atoms with Crippen LogP contribution >= 0.6 is 35.6 Å². The molecular weight excluding hydrogens is 428 g/mol. The Hall–Kier alpha value is -1.42. The van der Waals surface area contributed by atoms with E-state index in [4.69, 9.17) is 23.8 Å². The first-order chi connectivity index (χ1) is 12.7. The number of thioether (sulfide) groups is 1. The Morgan fingerprint density at radius 1 is 1.44 bits per heavy atom. The van der Waals surface area contributed by atoms with Crippen molar-refractivity contribution >= 4 is 67.6 Å². The second kappa shape index (κ2) is 7.90. The van der Waals surface area contributed by atoms with E-state index in [0.29, 0.717) is 26.2 Å². The zero-order valence-corrected chi connectivity index (χ0v) is 17.6. The van der Waals surface area contributed by atoms with Gasteiger partial charge >= 0.3 is 0 Å². The highest BCUT2D eigenvalue weighted by Gasteiger charge is 2.37. The van der Waals surface area contributed by atoms with Crippen LogP contribution in [0.4, 0.5) is 0 Å². The van der Waals surface area contributed by atoms with Crippen LogP contribution in [0, 0.1) is 0 Å². The molecule has 10 heteroatoms. The van der Waals surface area contributed by atoms with Crippen molar-refractivity contribution in [2.24, 2.45) is 0 Å². The molecule has 144 valence electrons. The largest absolute Gasteiger partial charge is 0.340 e. The Morgan fingerprint density at radius 3 is 2.78 bits per heavy atom. The molecule has 1 atom stereocenters. The van der Waals surface area contributed by atoms with Gasteiger partial charge in [-0.15, -0.1) is 0 Å². The van der Waals surface area contributed by atoms with Gasteiger partial charge in [0.25, 0.3) is 5.91 Å². The minimum atomic E-state index is -3.10. The predicted octanol–water partition coefficient (Wildman–Crippen LogP) is 2.19. The van der Waals surface area contributed by atoms with Gasteiger partial charge < -0.3 is 4.90 Å². The summed E-state index contributed by atoms with van der Waals surface area (Å²) in [6, 6.07) is 6.76. The predicted molar refractivity (Wildman–Crippen MR) is 111 cm³/mol. The van der Waals surface area contributed by atoms with Crippen LogP contribution < -0.4 is 0 Å². The first kappa shape index (κ1) is 20.3. The van der Waals surface area contributed by atoms with E-state index in [1.54, 1.807) is 31.3 Å². The Kier molecular flexibility index (Phi) is 5.95. The van der Waals surface area contributed by atoms with Crippen LogP contribution in [0.2, 0.25) is 5.02 Å². The first-order valence-corrected chi connectivity index (χ1v) is 11.6. The third-order valence-electron chi connectivity index (χ3n) is 4.51. The highest BCUT2D eigenvalue weighted by atomic mass is 35.5. The average Bonchev–Trinajstić information content (AvgIpc) is 3.10. The molecule has 0 unspecified atom stereocenters. The number of nitrogens with zero attached hydrogens (tertiary/aromatic N) is 2. The molecule has 2 amide bonds. The summed E-state index contributed by atoms with van der Waals surface area (Å²) in [5, 5.41) is 0.515. The average molecular weight is 445 g/mol. The van der Waals surface area contributed by atoms with Gasteiger partial charge in [0.2, 0.25) is 5.91 Å². The Labute approximate surface area is 172 Å². The van der Waals surface area contributed by atoms with Crippen molar-refractivity contribution in [3.8, 4) is 0 Å². The van der Waals surface area contributed by atoms with Gasteiger partial charge in [0.05, 0.1) is 16.4 Å². The number of sulfone groups is 1. The van der Waals surface area contributed by atoms with Crippen LogP contribution in [0.3, 0.4) is 0 Å². The number of hydrogen-bond donors (Lipinski definition) is 0. The third kappa shape index (κ3) is 4.53. The number of rotatable bonds is 4. The molecule has 2 fully saturated rings. The molecule has 6 nitrogen and oxygen atoms in total. The molecular formula is C17H17ClN2O4S3. The summed E-state index contributed by atoms with van der Waals surface area (Å²) in [6.45, 7) is -0.211. The molecule has 0 N–H and O–H groups in total. The lowest BCUT2D eigenvalue weighted by Gasteiger charge is -2.25. The molecule has 0 radical (unpaired) electrons. The van der Waals surface area contributed by atoms with Crippen LogP contribution in [0.15, 0.2) is 29.2 Å².